The van der Waals surface area contributed by atoms with E-state index in [-0.39, 0.29) is 23.6 Å². The molecule has 1 N–H and O–H groups in total. The number of carbonyl (C=O) groups excluding carboxylic acids is 1. The molecule has 0 spiro atoms. The van der Waals surface area contributed by atoms with E-state index < -0.39 is 0 Å². The largest absolute Gasteiger partial charge is 0.507 e. The van der Waals surface area contributed by atoms with Crippen LogP contribution in [0.3, 0.4) is 0 Å². The van der Waals surface area contributed by atoms with Gasteiger partial charge >= 0.3 is 0 Å². The molecule has 1 aromatic rings. The molecule has 0 amide bonds. The molecule has 1 aromatic carbocycles. The Balaban J connectivity index is 1.80. The van der Waals surface area contributed by atoms with Crippen molar-refractivity contribution in [3.05, 3.63) is 51.3 Å². The fourth-order valence-electron chi connectivity index (χ4n) is 4.79. The van der Waals surface area contributed by atoms with Crippen LogP contribution in [0.25, 0.3) is 5.57 Å². The van der Waals surface area contributed by atoms with E-state index in [2.05, 4.69) is 13.8 Å². The first kappa shape index (κ1) is 24.9. The molecular formula is C28H35ClO5. The Hall–Kier alpha value is -2.24. The highest BCUT2D eigenvalue weighted by Crippen LogP contribution is 2.48. The second-order valence-electron chi connectivity index (χ2n) is 9.66. The van der Waals surface area contributed by atoms with E-state index in [0.29, 0.717) is 41.7 Å². The standard InChI is InChI=1S/C28H35ClO5/c1-17(2)27-21-16-22(26(31)18-8-6-9-18)23(30)11-5-4-10-19(21)20-12-13-24(25(29)28(20)34-27)33-15-7-14-32-3/h12-13,16-17,27,31H,4-11,14-15H2,1-3H3/b22-16+. The second kappa shape index (κ2) is 11.0. The first-order valence-electron chi connectivity index (χ1n) is 12.4. The highest BCUT2D eigenvalue weighted by atomic mass is 35.5. The van der Waals surface area contributed by atoms with Crippen LogP contribution in [-0.2, 0) is 9.53 Å². The van der Waals surface area contributed by atoms with Crippen molar-refractivity contribution in [2.24, 2.45) is 5.92 Å². The van der Waals surface area contributed by atoms with Gasteiger partial charge in [0.25, 0.3) is 0 Å². The number of hydrogen-bond donors (Lipinski definition) is 1. The fraction of sp³-hybridized carbons (Fsp3) is 0.536. The summed E-state index contributed by atoms with van der Waals surface area (Å²) in [6.07, 6.45) is 8.13. The molecule has 3 aliphatic rings. The predicted octanol–water partition coefficient (Wildman–Crippen LogP) is 6.99. The quantitative estimate of drug-likeness (QED) is 0.332. The summed E-state index contributed by atoms with van der Waals surface area (Å²) < 4.78 is 17.5. The van der Waals surface area contributed by atoms with Gasteiger partial charge in [0, 0.05) is 32.1 Å². The number of ether oxygens (including phenoxy) is 3. The van der Waals surface area contributed by atoms with Crippen LogP contribution in [-0.4, -0.2) is 37.3 Å². The molecule has 6 heteroatoms. The fourth-order valence-corrected chi connectivity index (χ4v) is 5.05. The molecule has 1 saturated carbocycles. The van der Waals surface area contributed by atoms with Gasteiger partial charge in [-0.05, 0) is 79.4 Å². The molecule has 4 rings (SSSR count). The number of allylic oxidation sites excluding steroid dienone is 3. The van der Waals surface area contributed by atoms with Gasteiger partial charge in [0.15, 0.2) is 5.78 Å². The smallest absolute Gasteiger partial charge is 0.166 e. The minimum atomic E-state index is -0.274. The summed E-state index contributed by atoms with van der Waals surface area (Å²) in [7, 11) is 1.67. The summed E-state index contributed by atoms with van der Waals surface area (Å²) in [6, 6.07) is 3.91. The Morgan fingerprint density at radius 2 is 1.91 bits per heavy atom. The SMILES string of the molecule is COCCCOc1ccc2c(c1Cl)OC(C(C)C)C1=C2CCCCC(=O)/C(C(O)=C2CCC2)=C\1. The third-order valence-electron chi connectivity index (χ3n) is 6.87. The van der Waals surface area contributed by atoms with Crippen molar-refractivity contribution >= 4 is 23.0 Å². The van der Waals surface area contributed by atoms with Gasteiger partial charge in [0.1, 0.15) is 28.4 Å². The third kappa shape index (κ3) is 5.06. The molecule has 0 aromatic heterocycles. The van der Waals surface area contributed by atoms with Crippen LogP contribution in [0.15, 0.2) is 40.7 Å². The molecule has 1 unspecified atom stereocenters. The lowest BCUT2D eigenvalue weighted by Gasteiger charge is -2.34. The van der Waals surface area contributed by atoms with Gasteiger partial charge in [0.05, 0.1) is 12.2 Å². The zero-order chi connectivity index (χ0) is 24.2. The van der Waals surface area contributed by atoms with E-state index >= 15 is 0 Å². The molecule has 34 heavy (non-hydrogen) atoms. The Labute approximate surface area is 207 Å². The van der Waals surface area contributed by atoms with Crippen LogP contribution in [0.4, 0.5) is 0 Å². The van der Waals surface area contributed by atoms with Crippen LogP contribution >= 0.6 is 11.6 Å². The van der Waals surface area contributed by atoms with Crippen molar-refractivity contribution in [3.63, 3.8) is 0 Å². The van der Waals surface area contributed by atoms with E-state index in [4.69, 9.17) is 25.8 Å². The van der Waals surface area contributed by atoms with E-state index in [0.717, 1.165) is 67.2 Å². The second-order valence-corrected chi connectivity index (χ2v) is 10.0. The zero-order valence-electron chi connectivity index (χ0n) is 20.4. The molecule has 1 atom stereocenters. The maximum atomic E-state index is 13.1. The predicted molar refractivity (Wildman–Crippen MR) is 135 cm³/mol. The number of carbonyl (C=O) groups is 1. The minimum Gasteiger partial charge on any atom is -0.507 e. The van der Waals surface area contributed by atoms with Crippen molar-refractivity contribution < 1.29 is 24.1 Å². The van der Waals surface area contributed by atoms with Gasteiger partial charge in [-0.25, -0.2) is 0 Å². The van der Waals surface area contributed by atoms with Crippen LogP contribution in [0.1, 0.15) is 70.8 Å². The first-order chi connectivity index (χ1) is 16.4. The summed E-state index contributed by atoms with van der Waals surface area (Å²) in [5.41, 5.74) is 4.49. The number of rotatable bonds is 7. The molecule has 0 bridgehead atoms. The zero-order valence-corrected chi connectivity index (χ0v) is 21.2. The molecule has 2 aliphatic carbocycles. The van der Waals surface area contributed by atoms with Crippen LogP contribution in [0.2, 0.25) is 5.02 Å². The number of methoxy groups -OCH3 is 1. The van der Waals surface area contributed by atoms with Crippen molar-refractivity contribution in [1.82, 2.24) is 0 Å². The molecule has 5 nitrogen and oxygen atoms in total. The van der Waals surface area contributed by atoms with Gasteiger partial charge in [-0.1, -0.05) is 25.4 Å². The van der Waals surface area contributed by atoms with Crippen LogP contribution < -0.4 is 9.47 Å². The van der Waals surface area contributed by atoms with Gasteiger partial charge in [-0.2, -0.15) is 0 Å². The van der Waals surface area contributed by atoms with Crippen molar-refractivity contribution in [3.8, 4) is 11.5 Å². The molecule has 1 aliphatic heterocycles. The van der Waals surface area contributed by atoms with Crippen molar-refractivity contribution in [1.29, 1.82) is 0 Å². The van der Waals surface area contributed by atoms with E-state index in [1.54, 1.807) is 7.11 Å². The number of Topliss-reactive ketones (excluding diaryl/α,β-unsaturated/α-hetero) is 1. The van der Waals surface area contributed by atoms with E-state index in [1.807, 2.05) is 18.2 Å². The average Bonchev–Trinajstić information content (AvgIpc) is 2.85. The number of aliphatic hydroxyl groups is 1. The first-order valence-corrected chi connectivity index (χ1v) is 12.8. The average molecular weight is 487 g/mol. The summed E-state index contributed by atoms with van der Waals surface area (Å²) >= 11 is 6.80. The number of benzene rings is 1. The molecule has 0 radical (unpaired) electrons. The number of aliphatic hydroxyl groups excluding tert-OH is 1. The Morgan fingerprint density at radius 3 is 2.59 bits per heavy atom. The maximum absolute atomic E-state index is 13.1. The Kier molecular flexibility index (Phi) is 8.05. The number of fused-ring (bicyclic) bond motifs is 2. The number of hydrogen-bond acceptors (Lipinski definition) is 5. The number of halogens is 1. The third-order valence-corrected chi connectivity index (χ3v) is 7.23. The minimum absolute atomic E-state index is 0.0109. The summed E-state index contributed by atoms with van der Waals surface area (Å²) in [5, 5.41) is 11.4. The van der Waals surface area contributed by atoms with Gasteiger partial charge in [0.2, 0.25) is 0 Å². The highest BCUT2D eigenvalue weighted by molar-refractivity contribution is 6.34. The normalized spacial score (nSPS) is 21.9. The summed E-state index contributed by atoms with van der Waals surface area (Å²) in [4.78, 5) is 13.1. The van der Waals surface area contributed by atoms with E-state index in [9.17, 15) is 9.90 Å². The molecule has 1 fully saturated rings. The molecular weight excluding hydrogens is 452 g/mol. The van der Waals surface area contributed by atoms with Crippen molar-refractivity contribution in [2.75, 3.05) is 20.3 Å². The summed E-state index contributed by atoms with van der Waals surface area (Å²) in [5.74, 6) is 1.58. The molecule has 1 heterocycles. The number of ketones is 1. The lowest BCUT2D eigenvalue weighted by atomic mass is 9.83. The van der Waals surface area contributed by atoms with Crippen molar-refractivity contribution in [2.45, 2.75) is 71.3 Å². The van der Waals surface area contributed by atoms with Gasteiger partial charge < -0.3 is 19.3 Å². The van der Waals surface area contributed by atoms with Crippen LogP contribution in [0, 0.1) is 5.92 Å². The van der Waals surface area contributed by atoms with Crippen LogP contribution in [0.5, 0.6) is 11.5 Å². The Morgan fingerprint density at radius 1 is 1.15 bits per heavy atom. The molecule has 184 valence electrons. The Bertz CT molecular complexity index is 1030. The monoisotopic (exact) mass is 486 g/mol. The van der Waals surface area contributed by atoms with E-state index in [1.165, 1.54) is 0 Å². The summed E-state index contributed by atoms with van der Waals surface area (Å²) in [6.45, 7) is 5.34. The van der Waals surface area contributed by atoms with Gasteiger partial charge in [-0.3, -0.25) is 4.79 Å². The maximum Gasteiger partial charge on any atom is 0.166 e. The topological polar surface area (TPSA) is 65.0 Å². The molecule has 0 saturated heterocycles. The van der Waals surface area contributed by atoms with Gasteiger partial charge in [-0.15, -0.1) is 0 Å². The highest BCUT2D eigenvalue weighted by Gasteiger charge is 2.34. The lowest BCUT2D eigenvalue weighted by Crippen LogP contribution is -2.30. The lowest BCUT2D eigenvalue weighted by molar-refractivity contribution is -0.115.